The van der Waals surface area contributed by atoms with Gasteiger partial charge < -0.3 is 19.6 Å². The molecule has 1 aromatic carbocycles. The van der Waals surface area contributed by atoms with Gasteiger partial charge in [-0.2, -0.15) is 0 Å². The Morgan fingerprint density at radius 1 is 1.33 bits per heavy atom. The third-order valence-corrected chi connectivity index (χ3v) is 3.25. The largest absolute Gasteiger partial charge is 0.486 e. The molecule has 0 atom stereocenters. The maximum absolute atomic E-state index is 11.3. The second-order valence-electron chi connectivity index (χ2n) is 4.76. The van der Waals surface area contributed by atoms with E-state index >= 15 is 0 Å². The Bertz CT molecular complexity index is 704. The lowest BCUT2D eigenvalue weighted by molar-refractivity contribution is -0.116. The van der Waals surface area contributed by atoms with E-state index in [1.54, 1.807) is 12.1 Å². The smallest absolute Gasteiger partial charge is 0.338 e. The van der Waals surface area contributed by atoms with Crippen molar-refractivity contribution >= 4 is 17.6 Å². The number of ether oxygens (including phenoxy) is 1. The van der Waals surface area contributed by atoms with Crippen LogP contribution in [0.2, 0.25) is 0 Å². The van der Waals surface area contributed by atoms with Crippen molar-refractivity contribution in [1.82, 2.24) is 0 Å². The van der Waals surface area contributed by atoms with E-state index in [1.165, 1.54) is 12.3 Å². The summed E-state index contributed by atoms with van der Waals surface area (Å²) in [6.45, 7) is 0.151. The first kappa shape index (κ1) is 13.2. The molecule has 3 rings (SSSR count). The number of carbonyl (C=O) groups is 2. The number of hydrogen-bond donors (Lipinski definition) is 2. The third kappa shape index (κ3) is 2.89. The fraction of sp³-hybridized carbons (Fsp3) is 0.200. The molecule has 0 saturated carbocycles. The number of amides is 1. The van der Waals surface area contributed by atoms with Gasteiger partial charge in [0.25, 0.3) is 0 Å². The van der Waals surface area contributed by atoms with Crippen molar-refractivity contribution in [3.05, 3.63) is 47.4 Å². The molecule has 0 bridgehead atoms. The molecule has 6 heteroatoms. The topological polar surface area (TPSA) is 88.8 Å². The fourth-order valence-electron chi connectivity index (χ4n) is 2.17. The molecule has 1 aliphatic heterocycles. The van der Waals surface area contributed by atoms with Crippen molar-refractivity contribution in [2.45, 2.75) is 19.4 Å². The molecule has 2 N–H and O–H groups in total. The second-order valence-corrected chi connectivity index (χ2v) is 4.76. The zero-order valence-corrected chi connectivity index (χ0v) is 11.1. The maximum Gasteiger partial charge on any atom is 0.338 e. The Morgan fingerprint density at radius 3 is 2.95 bits per heavy atom. The molecule has 21 heavy (non-hydrogen) atoms. The van der Waals surface area contributed by atoms with E-state index in [0.717, 1.165) is 11.3 Å². The summed E-state index contributed by atoms with van der Waals surface area (Å²) in [5, 5.41) is 11.6. The standard InChI is InChI=1S/C15H13NO5/c17-14-4-1-9-5-11(2-3-13(9)16-14)21-8-12-6-10(7-20-12)15(18)19/h2-3,5-7H,1,4,8H2,(H,16,17)(H,18,19). The normalized spacial score (nSPS) is 13.4. The van der Waals surface area contributed by atoms with Gasteiger partial charge in [-0.1, -0.05) is 0 Å². The number of aromatic carboxylic acids is 1. The van der Waals surface area contributed by atoms with Crippen molar-refractivity contribution in [3.63, 3.8) is 0 Å². The first-order chi connectivity index (χ1) is 10.1. The van der Waals surface area contributed by atoms with E-state index in [-0.39, 0.29) is 18.1 Å². The fourth-order valence-corrected chi connectivity index (χ4v) is 2.17. The molecule has 2 heterocycles. The summed E-state index contributed by atoms with van der Waals surface area (Å²) in [6.07, 6.45) is 2.34. The lowest BCUT2D eigenvalue weighted by atomic mass is 10.0. The Kier molecular flexibility index (Phi) is 3.35. The zero-order valence-electron chi connectivity index (χ0n) is 11.1. The van der Waals surface area contributed by atoms with Crippen LogP contribution in [0.3, 0.4) is 0 Å². The summed E-state index contributed by atoms with van der Waals surface area (Å²) < 4.78 is 10.7. The monoisotopic (exact) mass is 287 g/mol. The number of fused-ring (bicyclic) bond motifs is 1. The quantitative estimate of drug-likeness (QED) is 0.901. The Labute approximate surface area is 120 Å². The molecule has 0 spiro atoms. The average Bonchev–Trinajstić information content (AvgIpc) is 2.94. The van der Waals surface area contributed by atoms with E-state index in [1.807, 2.05) is 6.07 Å². The molecule has 0 aliphatic carbocycles. The van der Waals surface area contributed by atoms with Gasteiger partial charge in [-0.05, 0) is 36.2 Å². The molecular formula is C15H13NO5. The predicted octanol–water partition coefficient (Wildman–Crippen LogP) is 2.44. The molecule has 1 aliphatic rings. The molecule has 0 fully saturated rings. The van der Waals surface area contributed by atoms with E-state index < -0.39 is 5.97 Å². The number of carbonyl (C=O) groups excluding carboxylic acids is 1. The lowest BCUT2D eigenvalue weighted by Gasteiger charge is -2.17. The van der Waals surface area contributed by atoms with Crippen LogP contribution in [0.25, 0.3) is 0 Å². The van der Waals surface area contributed by atoms with Crippen LogP contribution in [0.15, 0.2) is 34.9 Å². The van der Waals surface area contributed by atoms with Crippen molar-refractivity contribution < 1.29 is 23.8 Å². The summed E-state index contributed by atoms with van der Waals surface area (Å²) in [4.78, 5) is 22.0. The maximum atomic E-state index is 11.3. The number of rotatable bonds is 4. The number of nitrogens with one attached hydrogen (secondary N) is 1. The highest BCUT2D eigenvalue weighted by molar-refractivity contribution is 5.94. The van der Waals surface area contributed by atoms with Crippen molar-refractivity contribution in [2.24, 2.45) is 0 Å². The molecule has 0 unspecified atom stereocenters. The van der Waals surface area contributed by atoms with Gasteiger partial charge in [0.15, 0.2) is 0 Å². The first-order valence-electron chi connectivity index (χ1n) is 6.48. The minimum atomic E-state index is -1.03. The van der Waals surface area contributed by atoms with Crippen LogP contribution < -0.4 is 10.1 Å². The van der Waals surface area contributed by atoms with Crippen molar-refractivity contribution in [1.29, 1.82) is 0 Å². The van der Waals surface area contributed by atoms with Gasteiger partial charge in [0.05, 0.1) is 5.56 Å². The van der Waals surface area contributed by atoms with Crippen LogP contribution in [-0.2, 0) is 17.8 Å². The van der Waals surface area contributed by atoms with Crippen LogP contribution in [0.5, 0.6) is 5.75 Å². The highest BCUT2D eigenvalue weighted by Gasteiger charge is 2.15. The van der Waals surface area contributed by atoms with Gasteiger partial charge in [-0.25, -0.2) is 4.79 Å². The number of furan rings is 1. The number of anilines is 1. The van der Waals surface area contributed by atoms with Crippen molar-refractivity contribution in [3.8, 4) is 5.75 Å². The summed E-state index contributed by atoms with van der Waals surface area (Å²) in [7, 11) is 0. The molecule has 0 radical (unpaired) electrons. The Morgan fingerprint density at radius 2 is 2.19 bits per heavy atom. The zero-order chi connectivity index (χ0) is 14.8. The van der Waals surface area contributed by atoms with Gasteiger partial charge in [0.2, 0.25) is 5.91 Å². The lowest BCUT2D eigenvalue weighted by Crippen LogP contribution is -2.18. The van der Waals surface area contributed by atoms with Crippen LogP contribution in [-0.4, -0.2) is 17.0 Å². The highest BCUT2D eigenvalue weighted by atomic mass is 16.5. The highest BCUT2D eigenvalue weighted by Crippen LogP contribution is 2.27. The van der Waals surface area contributed by atoms with Crippen LogP contribution in [0.4, 0.5) is 5.69 Å². The summed E-state index contributed by atoms with van der Waals surface area (Å²) >= 11 is 0. The molecule has 0 saturated heterocycles. The molecule has 2 aromatic rings. The minimum absolute atomic E-state index is 0.0213. The summed E-state index contributed by atoms with van der Waals surface area (Å²) in [6, 6.07) is 6.86. The van der Waals surface area contributed by atoms with E-state index in [0.29, 0.717) is 24.4 Å². The SMILES string of the molecule is O=C1CCc2cc(OCc3cc(C(=O)O)co3)ccc2N1. The molecule has 1 aromatic heterocycles. The van der Waals surface area contributed by atoms with E-state index in [9.17, 15) is 9.59 Å². The number of aryl methyl sites for hydroxylation is 1. The van der Waals surface area contributed by atoms with Gasteiger partial charge in [0.1, 0.15) is 24.4 Å². The third-order valence-electron chi connectivity index (χ3n) is 3.25. The number of carboxylic acid groups (broad SMARTS) is 1. The molecule has 1 amide bonds. The van der Waals surface area contributed by atoms with E-state index in [2.05, 4.69) is 5.32 Å². The van der Waals surface area contributed by atoms with Crippen LogP contribution >= 0.6 is 0 Å². The van der Waals surface area contributed by atoms with Crippen molar-refractivity contribution in [2.75, 3.05) is 5.32 Å². The van der Waals surface area contributed by atoms with Gasteiger partial charge >= 0.3 is 5.97 Å². The second kappa shape index (κ2) is 5.32. The molecule has 108 valence electrons. The number of benzene rings is 1. The summed E-state index contributed by atoms with van der Waals surface area (Å²) in [5.41, 5.74) is 1.93. The minimum Gasteiger partial charge on any atom is -0.486 e. The Hall–Kier alpha value is -2.76. The average molecular weight is 287 g/mol. The number of carboxylic acids is 1. The van der Waals surface area contributed by atoms with Crippen LogP contribution in [0.1, 0.15) is 28.1 Å². The van der Waals surface area contributed by atoms with Gasteiger partial charge in [-0.3, -0.25) is 4.79 Å². The van der Waals surface area contributed by atoms with Gasteiger partial charge in [0, 0.05) is 12.1 Å². The summed E-state index contributed by atoms with van der Waals surface area (Å²) in [5.74, 6) is 0.0825. The van der Waals surface area contributed by atoms with Gasteiger partial charge in [-0.15, -0.1) is 0 Å². The predicted molar refractivity (Wildman–Crippen MR) is 73.4 cm³/mol. The van der Waals surface area contributed by atoms with Crippen LogP contribution in [0, 0.1) is 0 Å². The number of hydrogen-bond acceptors (Lipinski definition) is 4. The Balaban J connectivity index is 1.68. The van der Waals surface area contributed by atoms with E-state index in [4.69, 9.17) is 14.3 Å². The first-order valence-corrected chi connectivity index (χ1v) is 6.48. The molecular weight excluding hydrogens is 274 g/mol. The molecule has 6 nitrogen and oxygen atoms in total.